The maximum atomic E-state index is 10.1. The minimum Gasteiger partial charge on any atom is -0.387 e. The first kappa shape index (κ1) is 16.5. The predicted octanol–water partition coefficient (Wildman–Crippen LogP) is 2.59. The van der Waals surface area contributed by atoms with Gasteiger partial charge >= 0.3 is 0 Å². The molecule has 1 aromatic heterocycles. The van der Waals surface area contributed by atoms with E-state index >= 15 is 0 Å². The van der Waals surface area contributed by atoms with Crippen LogP contribution in [0.1, 0.15) is 20.3 Å². The van der Waals surface area contributed by atoms with Crippen LogP contribution in [0.25, 0.3) is 0 Å². The van der Waals surface area contributed by atoms with E-state index in [1.807, 2.05) is 13.2 Å². The molecule has 0 aliphatic carbocycles. The van der Waals surface area contributed by atoms with Gasteiger partial charge in [-0.2, -0.15) is 16.7 Å². The highest BCUT2D eigenvalue weighted by Gasteiger charge is 2.20. The molecular formula is C12H21BrN4OS. The van der Waals surface area contributed by atoms with Crippen LogP contribution in [0.3, 0.4) is 0 Å². The molecule has 0 amide bonds. The van der Waals surface area contributed by atoms with Gasteiger partial charge in [-0.1, -0.05) is 6.92 Å². The van der Waals surface area contributed by atoms with E-state index in [0.29, 0.717) is 24.1 Å². The first-order valence-electron chi connectivity index (χ1n) is 6.20. The molecule has 7 heteroatoms. The summed E-state index contributed by atoms with van der Waals surface area (Å²) in [7, 11) is 0. The second-order valence-electron chi connectivity index (χ2n) is 4.60. The summed E-state index contributed by atoms with van der Waals surface area (Å²) in [6, 6.07) is 0. The van der Waals surface area contributed by atoms with Gasteiger partial charge in [0.25, 0.3) is 0 Å². The summed E-state index contributed by atoms with van der Waals surface area (Å²) in [6.45, 7) is 5.18. The van der Waals surface area contributed by atoms with Crippen molar-refractivity contribution >= 4 is 39.5 Å². The average molecular weight is 349 g/mol. The zero-order valence-corrected chi connectivity index (χ0v) is 13.9. The molecule has 1 rings (SSSR count). The molecule has 3 N–H and O–H groups in total. The maximum absolute atomic E-state index is 10.1. The Morgan fingerprint density at radius 3 is 2.84 bits per heavy atom. The molecule has 0 radical (unpaired) electrons. The van der Waals surface area contributed by atoms with Gasteiger partial charge in [0.1, 0.15) is 5.82 Å². The molecule has 1 aromatic rings. The molecule has 0 aliphatic rings. The van der Waals surface area contributed by atoms with E-state index in [1.54, 1.807) is 18.0 Å². The molecule has 108 valence electrons. The summed E-state index contributed by atoms with van der Waals surface area (Å²) in [6.07, 6.45) is 4.70. The van der Waals surface area contributed by atoms with Gasteiger partial charge < -0.3 is 15.7 Å². The fourth-order valence-corrected chi connectivity index (χ4v) is 2.50. The summed E-state index contributed by atoms with van der Waals surface area (Å²) >= 11 is 5.02. The number of hydrogen-bond acceptors (Lipinski definition) is 6. The molecule has 0 spiro atoms. The van der Waals surface area contributed by atoms with E-state index < -0.39 is 5.60 Å². The normalized spacial score (nSPS) is 13.9. The van der Waals surface area contributed by atoms with E-state index in [-0.39, 0.29) is 0 Å². The van der Waals surface area contributed by atoms with Gasteiger partial charge in [-0.3, -0.25) is 0 Å². The van der Waals surface area contributed by atoms with Crippen molar-refractivity contribution in [2.24, 2.45) is 0 Å². The number of nitrogens with zero attached hydrogens (tertiary/aromatic N) is 2. The van der Waals surface area contributed by atoms with Gasteiger partial charge in [0.05, 0.1) is 10.1 Å². The Morgan fingerprint density at radius 1 is 1.47 bits per heavy atom. The molecule has 1 heterocycles. The fraction of sp³-hybridized carbons (Fsp3) is 0.667. The van der Waals surface area contributed by atoms with Crippen LogP contribution in [0, 0.1) is 0 Å². The number of anilines is 2. The Bertz CT molecular complexity index is 403. The van der Waals surface area contributed by atoms with Crippen molar-refractivity contribution in [3.8, 4) is 0 Å². The van der Waals surface area contributed by atoms with Gasteiger partial charge in [-0.05, 0) is 35.5 Å². The molecule has 0 aliphatic heterocycles. The maximum Gasteiger partial charge on any atom is 0.224 e. The number of rotatable bonds is 8. The number of aliphatic hydroxyl groups is 1. The lowest BCUT2D eigenvalue weighted by atomic mass is 10.1. The first-order valence-corrected chi connectivity index (χ1v) is 8.39. The summed E-state index contributed by atoms with van der Waals surface area (Å²) in [5.41, 5.74) is -0.763. The number of aromatic nitrogens is 2. The van der Waals surface area contributed by atoms with Gasteiger partial charge in [-0.15, -0.1) is 0 Å². The van der Waals surface area contributed by atoms with E-state index in [0.717, 1.165) is 17.4 Å². The highest BCUT2D eigenvalue weighted by molar-refractivity contribution is 9.10. The van der Waals surface area contributed by atoms with Crippen molar-refractivity contribution in [3.63, 3.8) is 0 Å². The second kappa shape index (κ2) is 7.91. The molecular weight excluding hydrogens is 328 g/mol. The number of thioether (sulfide) groups is 1. The van der Waals surface area contributed by atoms with Crippen LogP contribution in [0.15, 0.2) is 10.7 Å². The second-order valence-corrected chi connectivity index (χ2v) is 6.32. The molecule has 0 bridgehead atoms. The van der Waals surface area contributed by atoms with Crippen LogP contribution in [0.2, 0.25) is 0 Å². The predicted molar refractivity (Wildman–Crippen MR) is 86.0 cm³/mol. The van der Waals surface area contributed by atoms with Crippen molar-refractivity contribution in [1.29, 1.82) is 0 Å². The Labute approximate surface area is 127 Å². The summed E-state index contributed by atoms with van der Waals surface area (Å²) in [5, 5.41) is 16.4. The van der Waals surface area contributed by atoms with Crippen molar-refractivity contribution in [1.82, 2.24) is 9.97 Å². The molecule has 1 atom stereocenters. The molecule has 1 unspecified atom stereocenters. The van der Waals surface area contributed by atoms with Crippen molar-refractivity contribution < 1.29 is 5.11 Å². The van der Waals surface area contributed by atoms with E-state index in [1.165, 1.54) is 0 Å². The monoisotopic (exact) mass is 348 g/mol. The minimum atomic E-state index is -0.763. The lowest BCUT2D eigenvalue weighted by Gasteiger charge is -2.23. The third-order valence-corrected chi connectivity index (χ3v) is 3.86. The Kier molecular flexibility index (Phi) is 6.88. The fourth-order valence-electron chi connectivity index (χ4n) is 1.45. The van der Waals surface area contributed by atoms with Gasteiger partial charge in [-0.25, -0.2) is 4.98 Å². The quantitative estimate of drug-likeness (QED) is 0.670. The number of hydrogen-bond donors (Lipinski definition) is 3. The van der Waals surface area contributed by atoms with Crippen LogP contribution in [-0.2, 0) is 0 Å². The standard InChI is InChI=1S/C12H21BrN4OS/c1-4-5-14-11-15-6-9(13)10(17-11)16-7-12(2,18)8-19-3/h6,18H,4-5,7-8H2,1-3H3,(H2,14,15,16,17). The first-order chi connectivity index (χ1) is 8.98. The zero-order valence-electron chi connectivity index (χ0n) is 11.5. The lowest BCUT2D eigenvalue weighted by molar-refractivity contribution is 0.0996. The van der Waals surface area contributed by atoms with Gasteiger partial charge in [0.15, 0.2) is 0 Å². The topological polar surface area (TPSA) is 70.1 Å². The van der Waals surface area contributed by atoms with Crippen LogP contribution in [0.5, 0.6) is 0 Å². The van der Waals surface area contributed by atoms with Crippen molar-refractivity contribution in [2.75, 3.05) is 35.7 Å². The third kappa shape index (κ3) is 5.97. The van der Waals surface area contributed by atoms with Gasteiger partial charge in [0, 0.05) is 25.0 Å². The van der Waals surface area contributed by atoms with Crippen molar-refractivity contribution in [3.05, 3.63) is 10.7 Å². The largest absolute Gasteiger partial charge is 0.387 e. The molecule has 5 nitrogen and oxygen atoms in total. The minimum absolute atomic E-state index is 0.441. The van der Waals surface area contributed by atoms with Crippen LogP contribution < -0.4 is 10.6 Å². The summed E-state index contributed by atoms with van der Waals surface area (Å²) in [4.78, 5) is 8.56. The van der Waals surface area contributed by atoms with E-state index in [2.05, 4.69) is 43.5 Å². The SMILES string of the molecule is CCCNc1ncc(Br)c(NCC(C)(O)CSC)n1. The smallest absolute Gasteiger partial charge is 0.224 e. The summed E-state index contributed by atoms with van der Waals surface area (Å²) in [5.74, 6) is 1.95. The molecule has 0 saturated heterocycles. The van der Waals surface area contributed by atoms with E-state index in [9.17, 15) is 5.11 Å². The Hall–Kier alpha value is -0.530. The van der Waals surface area contributed by atoms with Gasteiger partial charge in [0.2, 0.25) is 5.95 Å². The molecule has 0 fully saturated rings. The third-order valence-electron chi connectivity index (χ3n) is 2.37. The summed E-state index contributed by atoms with van der Waals surface area (Å²) < 4.78 is 0.787. The highest BCUT2D eigenvalue weighted by atomic mass is 79.9. The lowest BCUT2D eigenvalue weighted by Crippen LogP contribution is -2.36. The van der Waals surface area contributed by atoms with Crippen LogP contribution in [-0.4, -0.2) is 45.8 Å². The van der Waals surface area contributed by atoms with E-state index in [4.69, 9.17) is 0 Å². The Balaban J connectivity index is 2.66. The van der Waals surface area contributed by atoms with Crippen LogP contribution in [0.4, 0.5) is 11.8 Å². The Morgan fingerprint density at radius 2 is 2.21 bits per heavy atom. The molecule has 0 aromatic carbocycles. The molecule has 19 heavy (non-hydrogen) atoms. The highest BCUT2D eigenvalue weighted by Crippen LogP contribution is 2.21. The zero-order chi connectivity index (χ0) is 14.3. The average Bonchev–Trinajstić information content (AvgIpc) is 2.36. The number of nitrogens with one attached hydrogen (secondary N) is 2. The van der Waals surface area contributed by atoms with Crippen LogP contribution >= 0.6 is 27.7 Å². The number of halogens is 1. The molecule has 0 saturated carbocycles. The van der Waals surface area contributed by atoms with Crippen molar-refractivity contribution in [2.45, 2.75) is 25.9 Å².